The monoisotopic (exact) mass is 386 g/mol. The van der Waals surface area contributed by atoms with E-state index in [9.17, 15) is 14.4 Å². The van der Waals surface area contributed by atoms with Crippen LogP contribution in [0.5, 0.6) is 0 Å². The molecule has 152 valence electrons. The number of urea groups is 1. The first-order valence-electron chi connectivity index (χ1n) is 10.3. The van der Waals surface area contributed by atoms with E-state index in [-0.39, 0.29) is 23.8 Å². The van der Waals surface area contributed by atoms with Crippen molar-refractivity contribution in [1.82, 2.24) is 15.1 Å². The van der Waals surface area contributed by atoms with Crippen LogP contribution in [-0.4, -0.2) is 60.4 Å². The summed E-state index contributed by atoms with van der Waals surface area (Å²) in [6.07, 6.45) is 4.99. The molecular weight excluding hydrogens is 356 g/mol. The van der Waals surface area contributed by atoms with E-state index >= 15 is 0 Å². The molecule has 7 nitrogen and oxygen atoms in total. The van der Waals surface area contributed by atoms with Gasteiger partial charge in [0.25, 0.3) is 0 Å². The summed E-state index contributed by atoms with van der Waals surface area (Å²) in [6, 6.07) is 9.27. The molecule has 2 aliphatic rings. The maximum absolute atomic E-state index is 12.4. The predicted molar refractivity (Wildman–Crippen MR) is 108 cm³/mol. The number of amides is 4. The molecule has 0 aromatic heterocycles. The van der Waals surface area contributed by atoms with Gasteiger partial charge in [0.15, 0.2) is 0 Å². The average molecular weight is 386 g/mol. The predicted octanol–water partition coefficient (Wildman–Crippen LogP) is 2.45. The molecule has 0 radical (unpaired) electrons. The number of anilines is 1. The van der Waals surface area contributed by atoms with Crippen molar-refractivity contribution < 1.29 is 14.4 Å². The first-order valence-corrected chi connectivity index (χ1v) is 10.3. The van der Waals surface area contributed by atoms with Gasteiger partial charge in [-0.25, -0.2) is 4.79 Å². The molecule has 1 aromatic carbocycles. The minimum atomic E-state index is -0.145. The number of hydrogen-bond donors (Lipinski definition) is 2. The molecule has 0 saturated carbocycles. The number of benzene rings is 1. The summed E-state index contributed by atoms with van der Waals surface area (Å²) < 4.78 is 0. The van der Waals surface area contributed by atoms with Gasteiger partial charge < -0.3 is 20.4 Å². The summed E-state index contributed by atoms with van der Waals surface area (Å²) in [5.41, 5.74) is 0.797. The van der Waals surface area contributed by atoms with Crippen LogP contribution in [0.4, 0.5) is 10.5 Å². The first kappa shape index (κ1) is 20.2. The van der Waals surface area contributed by atoms with Crippen LogP contribution >= 0.6 is 0 Å². The Hall–Kier alpha value is -2.57. The Morgan fingerprint density at radius 3 is 2.25 bits per heavy atom. The van der Waals surface area contributed by atoms with Crippen LogP contribution in [0.2, 0.25) is 0 Å². The highest BCUT2D eigenvalue weighted by atomic mass is 16.2. The first-order chi connectivity index (χ1) is 13.6. The third kappa shape index (κ3) is 5.71. The Morgan fingerprint density at radius 1 is 0.893 bits per heavy atom. The van der Waals surface area contributed by atoms with Crippen LogP contribution in [0.25, 0.3) is 0 Å². The molecule has 0 unspecified atom stereocenters. The molecule has 2 saturated heterocycles. The van der Waals surface area contributed by atoms with Crippen LogP contribution in [0, 0.1) is 5.92 Å². The zero-order valence-electron chi connectivity index (χ0n) is 16.4. The number of likely N-dealkylation sites (tertiary alicyclic amines) is 2. The van der Waals surface area contributed by atoms with Gasteiger partial charge in [-0.05, 0) is 44.2 Å². The number of para-hydroxylation sites is 1. The number of rotatable bonds is 5. The van der Waals surface area contributed by atoms with Gasteiger partial charge in [0.1, 0.15) is 0 Å². The van der Waals surface area contributed by atoms with Gasteiger partial charge >= 0.3 is 6.03 Å². The maximum Gasteiger partial charge on any atom is 0.317 e. The normalized spacial score (nSPS) is 17.9. The van der Waals surface area contributed by atoms with Crippen molar-refractivity contribution in [2.24, 2.45) is 5.92 Å². The number of piperidine rings is 2. The second kappa shape index (κ2) is 10.1. The zero-order valence-corrected chi connectivity index (χ0v) is 16.4. The molecule has 0 spiro atoms. The summed E-state index contributed by atoms with van der Waals surface area (Å²) >= 11 is 0. The van der Waals surface area contributed by atoms with Crippen molar-refractivity contribution in [3.63, 3.8) is 0 Å². The summed E-state index contributed by atoms with van der Waals surface area (Å²) in [7, 11) is 0. The molecule has 0 bridgehead atoms. The van der Waals surface area contributed by atoms with Crippen LogP contribution < -0.4 is 10.6 Å². The van der Waals surface area contributed by atoms with Gasteiger partial charge in [-0.15, -0.1) is 0 Å². The van der Waals surface area contributed by atoms with Gasteiger partial charge in [0.2, 0.25) is 11.8 Å². The maximum atomic E-state index is 12.4. The minimum absolute atomic E-state index is 0.0124. The highest BCUT2D eigenvalue weighted by Crippen LogP contribution is 2.19. The quantitative estimate of drug-likeness (QED) is 0.816. The fourth-order valence-electron chi connectivity index (χ4n) is 3.80. The number of carbonyl (C=O) groups excluding carboxylic acids is 3. The fraction of sp³-hybridized carbons (Fsp3) is 0.571. The van der Waals surface area contributed by atoms with Crippen molar-refractivity contribution in [3.05, 3.63) is 30.3 Å². The molecule has 4 amide bonds. The molecule has 1 aromatic rings. The molecule has 0 aliphatic carbocycles. The van der Waals surface area contributed by atoms with Crippen molar-refractivity contribution in [2.75, 3.05) is 38.0 Å². The molecule has 3 rings (SSSR count). The smallest absolute Gasteiger partial charge is 0.317 e. The second-order valence-electron chi connectivity index (χ2n) is 7.54. The number of carbonyl (C=O) groups is 3. The minimum Gasteiger partial charge on any atom is -0.343 e. The van der Waals surface area contributed by atoms with Gasteiger partial charge in [-0.1, -0.05) is 18.2 Å². The van der Waals surface area contributed by atoms with Gasteiger partial charge in [0, 0.05) is 50.7 Å². The third-order valence-corrected chi connectivity index (χ3v) is 5.52. The summed E-state index contributed by atoms with van der Waals surface area (Å²) in [5, 5.41) is 5.78. The highest BCUT2D eigenvalue weighted by molar-refractivity contribution is 5.92. The Bertz CT molecular complexity index is 665. The lowest BCUT2D eigenvalue weighted by atomic mass is 9.96. The number of hydrogen-bond acceptors (Lipinski definition) is 3. The van der Waals surface area contributed by atoms with E-state index in [1.54, 1.807) is 4.90 Å². The lowest BCUT2D eigenvalue weighted by Crippen LogP contribution is -2.47. The Kier molecular flexibility index (Phi) is 7.28. The van der Waals surface area contributed by atoms with Crippen LogP contribution in [0.1, 0.15) is 38.5 Å². The summed E-state index contributed by atoms with van der Waals surface area (Å²) in [4.78, 5) is 40.5. The fourth-order valence-corrected chi connectivity index (χ4v) is 3.80. The van der Waals surface area contributed by atoms with Gasteiger partial charge in [0.05, 0.1) is 0 Å². The molecule has 7 heteroatoms. The highest BCUT2D eigenvalue weighted by Gasteiger charge is 2.27. The average Bonchev–Trinajstić information content (AvgIpc) is 2.75. The Morgan fingerprint density at radius 2 is 1.57 bits per heavy atom. The van der Waals surface area contributed by atoms with Crippen molar-refractivity contribution in [1.29, 1.82) is 0 Å². The Balaban J connectivity index is 1.34. The van der Waals surface area contributed by atoms with Crippen LogP contribution in [-0.2, 0) is 9.59 Å². The third-order valence-electron chi connectivity index (χ3n) is 5.52. The van der Waals surface area contributed by atoms with Crippen molar-refractivity contribution in [2.45, 2.75) is 38.5 Å². The standard InChI is InChI=1S/C21H30N4O3/c26-19(24-13-5-2-6-14-24)9-12-22-21(28)25-15-10-17(11-16-25)20(27)23-18-7-3-1-4-8-18/h1,3-4,7-8,17H,2,5-6,9-16H2,(H,22,28)(H,23,27). The molecule has 2 heterocycles. The SMILES string of the molecule is O=C(Nc1ccccc1)C1CCN(C(=O)NCCC(=O)N2CCCCC2)CC1. The van der Waals surface area contributed by atoms with E-state index in [0.29, 0.717) is 38.9 Å². The molecule has 0 atom stereocenters. The molecule has 28 heavy (non-hydrogen) atoms. The lowest BCUT2D eigenvalue weighted by molar-refractivity contribution is -0.132. The molecule has 2 aliphatic heterocycles. The van der Waals surface area contributed by atoms with Crippen molar-refractivity contribution in [3.8, 4) is 0 Å². The number of nitrogens with zero attached hydrogens (tertiary/aromatic N) is 2. The zero-order chi connectivity index (χ0) is 19.8. The van der Waals surface area contributed by atoms with E-state index < -0.39 is 0 Å². The van der Waals surface area contributed by atoms with Crippen LogP contribution in [0.3, 0.4) is 0 Å². The largest absolute Gasteiger partial charge is 0.343 e. The van der Waals surface area contributed by atoms with Gasteiger partial charge in [-0.2, -0.15) is 0 Å². The molecular formula is C21H30N4O3. The van der Waals surface area contributed by atoms with E-state index in [0.717, 1.165) is 31.6 Å². The topological polar surface area (TPSA) is 81.8 Å². The molecule has 2 fully saturated rings. The second-order valence-corrected chi connectivity index (χ2v) is 7.54. The summed E-state index contributed by atoms with van der Waals surface area (Å²) in [5.74, 6) is 0.0552. The van der Waals surface area contributed by atoms with E-state index in [4.69, 9.17) is 0 Å². The molecule has 2 N–H and O–H groups in total. The number of nitrogens with one attached hydrogen (secondary N) is 2. The Labute approximate surface area is 166 Å². The van der Waals surface area contributed by atoms with Crippen LogP contribution in [0.15, 0.2) is 30.3 Å². The van der Waals surface area contributed by atoms with Gasteiger partial charge in [-0.3, -0.25) is 9.59 Å². The summed E-state index contributed by atoms with van der Waals surface area (Å²) in [6.45, 7) is 3.15. The van der Waals surface area contributed by atoms with E-state index in [1.165, 1.54) is 6.42 Å². The van der Waals surface area contributed by atoms with E-state index in [2.05, 4.69) is 10.6 Å². The van der Waals surface area contributed by atoms with E-state index in [1.807, 2.05) is 35.2 Å². The lowest BCUT2D eigenvalue weighted by Gasteiger charge is -2.31. The van der Waals surface area contributed by atoms with Crippen molar-refractivity contribution >= 4 is 23.5 Å².